The lowest BCUT2D eigenvalue weighted by Gasteiger charge is -2.28. The Bertz CT molecular complexity index is 383. The number of nitrogens with two attached hydrogens (primary N) is 1. The summed E-state index contributed by atoms with van der Waals surface area (Å²) in [5.41, 5.74) is 8.01. The maximum atomic E-state index is 5.77. The van der Waals surface area contributed by atoms with Crippen molar-refractivity contribution in [3.63, 3.8) is 0 Å². The van der Waals surface area contributed by atoms with E-state index in [0.29, 0.717) is 6.04 Å². The van der Waals surface area contributed by atoms with E-state index in [1.165, 1.54) is 37.9 Å². The summed E-state index contributed by atoms with van der Waals surface area (Å²) in [6, 6.07) is 8.88. The molecule has 106 valence electrons. The summed E-state index contributed by atoms with van der Waals surface area (Å²) in [4.78, 5) is 2.63. The van der Waals surface area contributed by atoms with Gasteiger partial charge in [0, 0.05) is 11.7 Å². The van der Waals surface area contributed by atoms with Gasteiger partial charge in [-0.05, 0) is 68.8 Å². The molecular weight excluding hydrogens is 232 g/mol. The van der Waals surface area contributed by atoms with Gasteiger partial charge in [0.15, 0.2) is 0 Å². The second kappa shape index (κ2) is 6.42. The van der Waals surface area contributed by atoms with Crippen molar-refractivity contribution in [2.24, 2.45) is 11.8 Å². The van der Waals surface area contributed by atoms with Crippen molar-refractivity contribution in [2.45, 2.75) is 46.1 Å². The van der Waals surface area contributed by atoms with Gasteiger partial charge in [0.05, 0.1) is 0 Å². The van der Waals surface area contributed by atoms with Crippen LogP contribution < -0.4 is 5.73 Å². The van der Waals surface area contributed by atoms with E-state index in [1.807, 2.05) is 12.1 Å². The first-order valence-corrected chi connectivity index (χ1v) is 7.67. The minimum atomic E-state index is 0.506. The van der Waals surface area contributed by atoms with Crippen molar-refractivity contribution in [1.82, 2.24) is 4.90 Å². The number of likely N-dealkylation sites (tertiary alicyclic amines) is 1. The summed E-state index contributed by atoms with van der Waals surface area (Å²) >= 11 is 0. The van der Waals surface area contributed by atoms with Crippen LogP contribution in [0.15, 0.2) is 24.3 Å². The predicted molar refractivity (Wildman–Crippen MR) is 83.0 cm³/mol. The molecule has 0 aliphatic carbocycles. The van der Waals surface area contributed by atoms with Crippen LogP contribution in [0.5, 0.6) is 0 Å². The van der Waals surface area contributed by atoms with E-state index >= 15 is 0 Å². The van der Waals surface area contributed by atoms with Crippen molar-refractivity contribution in [3.8, 4) is 0 Å². The molecule has 0 bridgehead atoms. The topological polar surface area (TPSA) is 29.3 Å². The SMILES string of the molecule is CC(C)C1CCCN(C(C)c2ccc(N)cc2)CC1. The molecule has 2 rings (SSSR count). The molecule has 0 saturated carbocycles. The van der Waals surface area contributed by atoms with Gasteiger partial charge < -0.3 is 5.73 Å². The fourth-order valence-corrected chi connectivity index (χ4v) is 3.18. The highest BCUT2D eigenvalue weighted by Gasteiger charge is 2.22. The first kappa shape index (κ1) is 14.4. The molecule has 1 aliphatic rings. The molecule has 19 heavy (non-hydrogen) atoms. The molecule has 0 spiro atoms. The lowest BCUT2D eigenvalue weighted by Crippen LogP contribution is -2.28. The summed E-state index contributed by atoms with van der Waals surface area (Å²) in [5.74, 6) is 1.73. The lowest BCUT2D eigenvalue weighted by atomic mass is 9.89. The van der Waals surface area contributed by atoms with E-state index in [1.54, 1.807) is 0 Å². The zero-order valence-electron chi connectivity index (χ0n) is 12.6. The first-order valence-electron chi connectivity index (χ1n) is 7.67. The Morgan fingerprint density at radius 1 is 1.05 bits per heavy atom. The lowest BCUT2D eigenvalue weighted by molar-refractivity contribution is 0.213. The van der Waals surface area contributed by atoms with Crippen LogP contribution in [0.25, 0.3) is 0 Å². The van der Waals surface area contributed by atoms with Gasteiger partial charge in [-0.2, -0.15) is 0 Å². The van der Waals surface area contributed by atoms with Crippen LogP contribution in [0.4, 0.5) is 5.69 Å². The number of rotatable bonds is 3. The number of nitrogens with zero attached hydrogens (tertiary/aromatic N) is 1. The summed E-state index contributed by atoms with van der Waals surface area (Å²) < 4.78 is 0. The summed E-state index contributed by atoms with van der Waals surface area (Å²) in [6.45, 7) is 9.51. The molecule has 1 aliphatic heterocycles. The fraction of sp³-hybridized carbons (Fsp3) is 0.647. The van der Waals surface area contributed by atoms with E-state index in [0.717, 1.165) is 17.5 Å². The molecular formula is C17H28N2. The highest BCUT2D eigenvalue weighted by Crippen LogP contribution is 2.29. The molecule has 2 unspecified atom stereocenters. The third-order valence-electron chi connectivity index (χ3n) is 4.72. The van der Waals surface area contributed by atoms with Gasteiger partial charge in [-0.25, -0.2) is 0 Å². The van der Waals surface area contributed by atoms with Crippen molar-refractivity contribution in [2.75, 3.05) is 18.8 Å². The highest BCUT2D eigenvalue weighted by molar-refractivity contribution is 5.40. The van der Waals surface area contributed by atoms with E-state index < -0.39 is 0 Å². The quantitative estimate of drug-likeness (QED) is 0.829. The normalized spacial score (nSPS) is 23.3. The molecule has 1 fully saturated rings. The van der Waals surface area contributed by atoms with Crippen LogP contribution in [0, 0.1) is 11.8 Å². The molecule has 2 nitrogen and oxygen atoms in total. The number of hydrogen-bond donors (Lipinski definition) is 1. The Balaban J connectivity index is 1.99. The Labute approximate surface area is 118 Å². The molecule has 1 aromatic rings. The second-order valence-electron chi connectivity index (χ2n) is 6.31. The summed E-state index contributed by atoms with van der Waals surface area (Å²) in [7, 11) is 0. The van der Waals surface area contributed by atoms with E-state index in [2.05, 4.69) is 37.8 Å². The maximum absolute atomic E-state index is 5.77. The standard InChI is InChI=1S/C17H28N2/c1-13(2)15-5-4-11-19(12-10-15)14(3)16-6-8-17(18)9-7-16/h6-9,13-15H,4-5,10-12,18H2,1-3H3. The Kier molecular flexibility index (Phi) is 4.87. The number of benzene rings is 1. The van der Waals surface area contributed by atoms with Crippen molar-refractivity contribution in [1.29, 1.82) is 0 Å². The van der Waals surface area contributed by atoms with Crippen molar-refractivity contribution < 1.29 is 0 Å². The Hall–Kier alpha value is -1.02. The average molecular weight is 260 g/mol. The first-order chi connectivity index (χ1) is 9.08. The van der Waals surface area contributed by atoms with Gasteiger partial charge in [-0.3, -0.25) is 4.90 Å². The van der Waals surface area contributed by atoms with Crippen molar-refractivity contribution in [3.05, 3.63) is 29.8 Å². The molecule has 1 aromatic carbocycles. The van der Waals surface area contributed by atoms with Gasteiger partial charge in [-0.1, -0.05) is 26.0 Å². The van der Waals surface area contributed by atoms with Gasteiger partial charge in [0.1, 0.15) is 0 Å². The molecule has 0 radical (unpaired) electrons. The third-order valence-corrected chi connectivity index (χ3v) is 4.72. The minimum Gasteiger partial charge on any atom is -0.399 e. The molecule has 1 heterocycles. The molecule has 2 heteroatoms. The summed E-state index contributed by atoms with van der Waals surface area (Å²) in [5, 5.41) is 0. The Morgan fingerprint density at radius 3 is 2.37 bits per heavy atom. The van der Waals surface area contributed by atoms with E-state index in [4.69, 9.17) is 5.73 Å². The fourth-order valence-electron chi connectivity index (χ4n) is 3.18. The average Bonchev–Trinajstić information content (AvgIpc) is 2.64. The third kappa shape index (κ3) is 3.73. The van der Waals surface area contributed by atoms with Crippen LogP contribution in [0.2, 0.25) is 0 Å². The monoisotopic (exact) mass is 260 g/mol. The van der Waals surface area contributed by atoms with Gasteiger partial charge in [0.25, 0.3) is 0 Å². The van der Waals surface area contributed by atoms with Crippen LogP contribution in [0.3, 0.4) is 0 Å². The van der Waals surface area contributed by atoms with Crippen molar-refractivity contribution >= 4 is 5.69 Å². The second-order valence-corrected chi connectivity index (χ2v) is 6.31. The zero-order valence-corrected chi connectivity index (χ0v) is 12.6. The Morgan fingerprint density at radius 2 is 1.74 bits per heavy atom. The predicted octanol–water partition coefficient (Wildman–Crippen LogP) is 4.09. The molecule has 2 N–H and O–H groups in total. The van der Waals surface area contributed by atoms with E-state index in [-0.39, 0.29) is 0 Å². The zero-order chi connectivity index (χ0) is 13.8. The van der Waals surface area contributed by atoms with E-state index in [9.17, 15) is 0 Å². The number of anilines is 1. The molecule has 0 aromatic heterocycles. The largest absolute Gasteiger partial charge is 0.399 e. The maximum Gasteiger partial charge on any atom is 0.0319 e. The molecule has 0 amide bonds. The van der Waals surface area contributed by atoms with Crippen LogP contribution in [0.1, 0.15) is 51.6 Å². The summed E-state index contributed by atoms with van der Waals surface area (Å²) in [6.07, 6.45) is 4.07. The van der Waals surface area contributed by atoms with Gasteiger partial charge in [0.2, 0.25) is 0 Å². The smallest absolute Gasteiger partial charge is 0.0319 e. The van der Waals surface area contributed by atoms with Crippen LogP contribution >= 0.6 is 0 Å². The number of hydrogen-bond acceptors (Lipinski definition) is 2. The molecule has 1 saturated heterocycles. The minimum absolute atomic E-state index is 0.506. The molecule has 2 atom stereocenters. The van der Waals surface area contributed by atoms with Crippen LogP contribution in [-0.2, 0) is 0 Å². The van der Waals surface area contributed by atoms with Crippen LogP contribution in [-0.4, -0.2) is 18.0 Å². The van der Waals surface area contributed by atoms with Gasteiger partial charge >= 0.3 is 0 Å². The van der Waals surface area contributed by atoms with Gasteiger partial charge in [-0.15, -0.1) is 0 Å². The number of nitrogen functional groups attached to an aromatic ring is 1. The highest BCUT2D eigenvalue weighted by atomic mass is 15.1.